The fourth-order valence-electron chi connectivity index (χ4n) is 6.30. The molecular weight excluding hydrogens is 827 g/mol. The van der Waals surface area contributed by atoms with Crippen molar-refractivity contribution >= 4 is 53.7 Å². The second kappa shape index (κ2) is 18.4. The molecule has 4 atom stereocenters. The van der Waals surface area contributed by atoms with Gasteiger partial charge in [0.05, 0.1) is 12.1 Å². The molecule has 0 spiro atoms. The molecule has 1 saturated heterocycles. The van der Waals surface area contributed by atoms with Crippen LogP contribution in [0.3, 0.4) is 0 Å². The van der Waals surface area contributed by atoms with Crippen LogP contribution in [0, 0.1) is 11.6 Å². The minimum Gasteiger partial charge on any atom is -0.489 e. The number of anilines is 1. The standard InChI is InChI=1S/C45H47BrF2N2O5SSi/c1-45(2,3)57(4,5)55-40(32-16-19-34(47)20-17-32)29-56-42(43(51)50-38(28-54-44(50)52)31-14-10-7-11-15-31)41(49-36-23-21-35(48)22-24-36)37-25-18-33(46)26-39(37)53-27-30-12-8-6-9-13-30/h6-26,38,40-42,49H,27-29H2,1-5H3/t38-,40+,41-,42-/m1/s1. The van der Waals surface area contributed by atoms with Crippen LogP contribution in [0.15, 0.2) is 132 Å². The maximum Gasteiger partial charge on any atom is 0.417 e. The Morgan fingerprint density at radius 1 is 0.912 bits per heavy atom. The molecule has 0 aromatic heterocycles. The first-order valence-electron chi connectivity index (χ1n) is 18.8. The third kappa shape index (κ3) is 10.5. The van der Waals surface area contributed by atoms with Crippen LogP contribution in [0.1, 0.15) is 61.2 Å². The highest BCUT2D eigenvalue weighted by atomic mass is 79.9. The lowest BCUT2D eigenvalue weighted by Gasteiger charge is -2.40. The Hall–Kier alpha value is -4.49. The first-order chi connectivity index (χ1) is 27.2. The number of halogens is 3. The number of nitrogens with one attached hydrogen (secondary N) is 1. The number of benzene rings is 5. The summed E-state index contributed by atoms with van der Waals surface area (Å²) < 4.78 is 48.4. The molecule has 7 nitrogen and oxygen atoms in total. The van der Waals surface area contributed by atoms with Gasteiger partial charge in [-0.1, -0.05) is 116 Å². The Kier molecular flexibility index (Phi) is 13.6. The molecule has 2 amide bonds. The number of amides is 2. The topological polar surface area (TPSA) is 77.1 Å². The van der Waals surface area contributed by atoms with Crippen LogP contribution in [-0.2, 0) is 20.6 Å². The summed E-state index contributed by atoms with van der Waals surface area (Å²) in [5.74, 6) is -0.497. The molecule has 0 bridgehead atoms. The summed E-state index contributed by atoms with van der Waals surface area (Å²) in [7, 11) is -2.42. The highest BCUT2D eigenvalue weighted by molar-refractivity contribution is 9.10. The van der Waals surface area contributed by atoms with Crippen molar-refractivity contribution in [3.05, 3.63) is 166 Å². The van der Waals surface area contributed by atoms with Gasteiger partial charge in [0.1, 0.15) is 41.9 Å². The van der Waals surface area contributed by atoms with Crippen molar-refractivity contribution in [2.45, 2.75) is 68.9 Å². The van der Waals surface area contributed by atoms with E-state index in [1.54, 1.807) is 24.3 Å². The maximum atomic E-state index is 15.4. The van der Waals surface area contributed by atoms with E-state index < -0.39 is 49.6 Å². The lowest BCUT2D eigenvalue weighted by Crippen LogP contribution is -2.45. The molecule has 0 unspecified atom stereocenters. The largest absolute Gasteiger partial charge is 0.489 e. The molecule has 0 saturated carbocycles. The van der Waals surface area contributed by atoms with E-state index in [4.69, 9.17) is 13.9 Å². The van der Waals surface area contributed by atoms with Crippen LogP contribution in [-0.4, -0.2) is 42.8 Å². The number of hydrogen-bond donors (Lipinski definition) is 1. The van der Waals surface area contributed by atoms with Crippen LogP contribution in [0.4, 0.5) is 19.3 Å². The van der Waals surface area contributed by atoms with Gasteiger partial charge in [0, 0.05) is 21.5 Å². The number of hydrogen-bond acceptors (Lipinski definition) is 7. The minimum atomic E-state index is -2.42. The fourth-order valence-corrected chi connectivity index (χ4v) is 9.35. The number of ether oxygens (including phenoxy) is 2. The second-order valence-electron chi connectivity index (χ2n) is 15.5. The number of cyclic esters (lactones) is 1. The fraction of sp³-hybridized carbons (Fsp3) is 0.289. The third-order valence-electron chi connectivity index (χ3n) is 10.5. The zero-order chi connectivity index (χ0) is 40.7. The van der Waals surface area contributed by atoms with Gasteiger partial charge in [0.25, 0.3) is 0 Å². The van der Waals surface area contributed by atoms with Crippen molar-refractivity contribution in [1.82, 2.24) is 4.90 Å². The first-order valence-corrected chi connectivity index (χ1v) is 23.5. The SMILES string of the molecule is CC(C)(C)[Si](C)(C)O[C@@H](CS[C@@H](C(=O)N1C(=O)OC[C@@H]1c1ccccc1)[C@H](Nc1ccc(F)cc1)c1ccc(Br)cc1OCc1ccccc1)c1ccc(F)cc1. The summed E-state index contributed by atoms with van der Waals surface area (Å²) in [6.45, 7) is 11.0. The zero-order valence-electron chi connectivity index (χ0n) is 32.6. The van der Waals surface area contributed by atoms with E-state index in [-0.39, 0.29) is 29.8 Å². The maximum absolute atomic E-state index is 15.4. The number of nitrogens with zero attached hydrogens (tertiary/aromatic N) is 1. The Labute approximate surface area is 347 Å². The van der Waals surface area contributed by atoms with Crippen LogP contribution in [0.5, 0.6) is 5.75 Å². The normalized spacial score (nSPS) is 16.1. The summed E-state index contributed by atoms with van der Waals surface area (Å²) in [6, 6.07) is 35.3. The van der Waals surface area contributed by atoms with E-state index in [0.717, 1.165) is 21.2 Å². The minimum absolute atomic E-state index is 0.00155. The molecule has 298 valence electrons. The van der Waals surface area contributed by atoms with Gasteiger partial charge in [-0.15, -0.1) is 11.8 Å². The Balaban J connectivity index is 1.48. The highest BCUT2D eigenvalue weighted by Crippen LogP contribution is 2.44. The average Bonchev–Trinajstić information content (AvgIpc) is 3.58. The Morgan fingerprint density at radius 2 is 1.53 bits per heavy atom. The van der Waals surface area contributed by atoms with Crippen molar-refractivity contribution in [1.29, 1.82) is 0 Å². The molecule has 1 aliphatic rings. The predicted octanol–water partition coefficient (Wildman–Crippen LogP) is 12.0. The quantitative estimate of drug-likeness (QED) is 0.105. The Morgan fingerprint density at radius 3 is 2.16 bits per heavy atom. The molecule has 1 N–H and O–H groups in total. The molecule has 12 heteroatoms. The number of carbonyl (C=O) groups excluding carboxylic acids is 2. The van der Waals surface area contributed by atoms with Gasteiger partial charge in [-0.3, -0.25) is 4.79 Å². The van der Waals surface area contributed by atoms with Gasteiger partial charge < -0.3 is 19.2 Å². The van der Waals surface area contributed by atoms with Crippen LogP contribution in [0.25, 0.3) is 0 Å². The van der Waals surface area contributed by atoms with Gasteiger partial charge in [0.15, 0.2) is 8.32 Å². The summed E-state index contributed by atoms with van der Waals surface area (Å²) in [4.78, 5) is 30.2. The van der Waals surface area contributed by atoms with E-state index in [1.165, 1.54) is 40.9 Å². The number of imide groups is 1. The summed E-state index contributed by atoms with van der Waals surface area (Å²) in [5.41, 5.74) is 3.65. The molecule has 5 aromatic carbocycles. The second-order valence-corrected chi connectivity index (χ2v) is 22.3. The van der Waals surface area contributed by atoms with Gasteiger partial charge >= 0.3 is 6.09 Å². The van der Waals surface area contributed by atoms with E-state index >= 15 is 4.79 Å². The molecule has 6 rings (SSSR count). The molecule has 0 radical (unpaired) electrons. The third-order valence-corrected chi connectivity index (χ3v) is 16.8. The monoisotopic (exact) mass is 872 g/mol. The summed E-state index contributed by atoms with van der Waals surface area (Å²) >= 11 is 4.94. The molecule has 57 heavy (non-hydrogen) atoms. The summed E-state index contributed by atoms with van der Waals surface area (Å²) in [5, 5.41) is 2.38. The average molecular weight is 874 g/mol. The first kappa shape index (κ1) is 42.1. The van der Waals surface area contributed by atoms with Gasteiger partial charge in [0.2, 0.25) is 5.91 Å². The van der Waals surface area contributed by atoms with Crippen molar-refractivity contribution in [2.24, 2.45) is 0 Å². The molecule has 0 aliphatic carbocycles. The van der Waals surface area contributed by atoms with E-state index in [9.17, 15) is 13.6 Å². The van der Waals surface area contributed by atoms with Crippen LogP contribution in [0.2, 0.25) is 18.1 Å². The highest BCUT2D eigenvalue weighted by Gasteiger charge is 2.46. The Bertz CT molecular complexity index is 2120. The molecule has 1 heterocycles. The summed E-state index contributed by atoms with van der Waals surface area (Å²) in [6.07, 6.45) is -1.28. The van der Waals surface area contributed by atoms with Crippen molar-refractivity contribution in [3.63, 3.8) is 0 Å². The number of carbonyl (C=O) groups is 2. The van der Waals surface area contributed by atoms with Crippen LogP contribution >= 0.6 is 27.7 Å². The number of thioether (sulfide) groups is 1. The number of rotatable bonds is 15. The van der Waals surface area contributed by atoms with E-state index in [0.29, 0.717) is 17.0 Å². The molecule has 5 aromatic rings. The van der Waals surface area contributed by atoms with Crippen molar-refractivity contribution < 1.29 is 32.3 Å². The van der Waals surface area contributed by atoms with Gasteiger partial charge in [-0.05, 0) is 83.4 Å². The van der Waals surface area contributed by atoms with Gasteiger partial charge in [-0.25, -0.2) is 18.5 Å². The van der Waals surface area contributed by atoms with Crippen molar-refractivity contribution in [2.75, 3.05) is 17.7 Å². The van der Waals surface area contributed by atoms with Crippen LogP contribution < -0.4 is 10.1 Å². The molecular formula is C45H47BrF2N2O5SSi. The zero-order valence-corrected chi connectivity index (χ0v) is 36.0. The smallest absolute Gasteiger partial charge is 0.417 e. The molecule has 1 aliphatic heterocycles. The van der Waals surface area contributed by atoms with Crippen molar-refractivity contribution in [3.8, 4) is 5.75 Å². The van der Waals surface area contributed by atoms with E-state index in [2.05, 4.69) is 55.1 Å². The van der Waals surface area contributed by atoms with Gasteiger partial charge in [-0.2, -0.15) is 0 Å². The molecule has 1 fully saturated rings. The van der Waals surface area contributed by atoms with E-state index in [1.807, 2.05) is 78.9 Å². The predicted molar refractivity (Wildman–Crippen MR) is 229 cm³/mol. The lowest BCUT2D eigenvalue weighted by molar-refractivity contribution is -0.129. The lowest BCUT2D eigenvalue weighted by atomic mass is 9.99.